The molecule has 21 heavy (non-hydrogen) atoms. The smallest absolute Gasteiger partial charge is 0.0108 e. The lowest BCUT2D eigenvalue weighted by molar-refractivity contribution is 0.464. The summed E-state index contributed by atoms with van der Waals surface area (Å²) in [5.74, 6) is 0. The third-order valence-electron chi connectivity index (χ3n) is 4.25. The first-order valence-corrected chi connectivity index (χ1v) is 8.55. The van der Waals surface area contributed by atoms with Crippen molar-refractivity contribution in [2.24, 2.45) is 0 Å². The molecule has 1 heteroatoms. The van der Waals surface area contributed by atoms with Gasteiger partial charge in [0, 0.05) is 6.04 Å². The van der Waals surface area contributed by atoms with Gasteiger partial charge in [-0.1, -0.05) is 82.0 Å². The zero-order chi connectivity index (χ0) is 14.9. The van der Waals surface area contributed by atoms with Crippen molar-refractivity contribution in [1.82, 2.24) is 5.32 Å². The molecular weight excluding hydrogens is 254 g/mol. The molecule has 0 aliphatic rings. The van der Waals surface area contributed by atoms with Crippen molar-refractivity contribution in [3.8, 4) is 0 Å². The second kappa shape index (κ2) is 8.84. The highest BCUT2D eigenvalue weighted by molar-refractivity contribution is 5.85. The van der Waals surface area contributed by atoms with E-state index >= 15 is 0 Å². The van der Waals surface area contributed by atoms with E-state index in [0.29, 0.717) is 6.04 Å². The Morgan fingerprint density at radius 3 is 2.52 bits per heavy atom. The maximum Gasteiger partial charge on any atom is 0.0108 e. The largest absolute Gasteiger partial charge is 0.314 e. The predicted molar refractivity (Wildman–Crippen MR) is 93.9 cm³/mol. The second-order valence-corrected chi connectivity index (χ2v) is 5.95. The topological polar surface area (TPSA) is 12.0 Å². The summed E-state index contributed by atoms with van der Waals surface area (Å²) in [7, 11) is 0. The molecular formula is C20H29N. The molecule has 0 saturated heterocycles. The highest BCUT2D eigenvalue weighted by Gasteiger charge is 2.10. The predicted octanol–water partition coefficient (Wildman–Crippen LogP) is 5.33. The van der Waals surface area contributed by atoms with Crippen LogP contribution in [-0.4, -0.2) is 12.6 Å². The first-order valence-electron chi connectivity index (χ1n) is 8.55. The van der Waals surface area contributed by atoms with E-state index in [2.05, 4.69) is 61.6 Å². The Morgan fingerprint density at radius 1 is 0.905 bits per heavy atom. The van der Waals surface area contributed by atoms with Gasteiger partial charge in [0.2, 0.25) is 0 Å². The summed E-state index contributed by atoms with van der Waals surface area (Å²) < 4.78 is 0. The van der Waals surface area contributed by atoms with Crippen LogP contribution in [0.2, 0.25) is 0 Å². The van der Waals surface area contributed by atoms with Crippen molar-refractivity contribution in [3.63, 3.8) is 0 Å². The van der Waals surface area contributed by atoms with Crippen LogP contribution in [0, 0.1) is 0 Å². The number of nitrogens with one attached hydrogen (secondary N) is 1. The summed E-state index contributed by atoms with van der Waals surface area (Å²) in [6.45, 7) is 5.54. The van der Waals surface area contributed by atoms with E-state index in [1.165, 1.54) is 48.4 Å². The summed E-state index contributed by atoms with van der Waals surface area (Å²) in [5, 5.41) is 6.44. The van der Waals surface area contributed by atoms with Crippen LogP contribution in [0.1, 0.15) is 51.5 Å². The third-order valence-corrected chi connectivity index (χ3v) is 4.25. The van der Waals surface area contributed by atoms with Crippen molar-refractivity contribution < 1.29 is 0 Å². The van der Waals surface area contributed by atoms with E-state index in [0.717, 1.165) is 13.0 Å². The van der Waals surface area contributed by atoms with Crippen LogP contribution >= 0.6 is 0 Å². The van der Waals surface area contributed by atoms with Gasteiger partial charge in [0.05, 0.1) is 0 Å². The molecule has 0 aliphatic carbocycles. The third kappa shape index (κ3) is 4.86. The molecule has 114 valence electrons. The Bertz CT molecular complexity index is 527. The van der Waals surface area contributed by atoms with Gasteiger partial charge in [0.15, 0.2) is 0 Å². The highest BCUT2D eigenvalue weighted by Crippen LogP contribution is 2.21. The van der Waals surface area contributed by atoms with Crippen LogP contribution in [0.25, 0.3) is 10.8 Å². The maximum atomic E-state index is 3.67. The summed E-state index contributed by atoms with van der Waals surface area (Å²) in [4.78, 5) is 0. The quantitative estimate of drug-likeness (QED) is 0.613. The minimum absolute atomic E-state index is 0.609. The van der Waals surface area contributed by atoms with Gasteiger partial charge in [-0.3, -0.25) is 0 Å². The lowest BCUT2D eigenvalue weighted by atomic mass is 9.96. The molecule has 0 heterocycles. The number of benzene rings is 2. The first kappa shape index (κ1) is 16.0. The minimum atomic E-state index is 0.609. The molecule has 2 aromatic rings. The number of hydrogen-bond donors (Lipinski definition) is 1. The van der Waals surface area contributed by atoms with Gasteiger partial charge in [-0.15, -0.1) is 0 Å². The Morgan fingerprint density at radius 2 is 1.71 bits per heavy atom. The molecule has 0 radical (unpaired) electrons. The molecule has 2 rings (SSSR count). The fraction of sp³-hybridized carbons (Fsp3) is 0.500. The van der Waals surface area contributed by atoms with Gasteiger partial charge in [-0.25, -0.2) is 0 Å². The molecule has 1 nitrogen and oxygen atoms in total. The first-order chi connectivity index (χ1) is 10.3. The standard InChI is InChI=1S/C20H29N/c1-3-5-6-7-14-19(21-4-2)16-18-13-10-12-17-11-8-9-15-20(17)18/h8-13,15,19,21H,3-7,14,16H2,1-2H3. The van der Waals surface area contributed by atoms with E-state index in [1.807, 2.05) is 0 Å². The average molecular weight is 283 g/mol. The molecule has 1 unspecified atom stereocenters. The van der Waals surface area contributed by atoms with Crippen molar-refractivity contribution in [2.75, 3.05) is 6.54 Å². The van der Waals surface area contributed by atoms with Crippen molar-refractivity contribution >= 4 is 10.8 Å². The van der Waals surface area contributed by atoms with Gasteiger partial charge in [-0.05, 0) is 35.7 Å². The van der Waals surface area contributed by atoms with Crippen LogP contribution < -0.4 is 5.32 Å². The van der Waals surface area contributed by atoms with Gasteiger partial charge in [-0.2, -0.15) is 0 Å². The molecule has 0 amide bonds. The summed E-state index contributed by atoms with van der Waals surface area (Å²) in [6, 6.07) is 16.0. The zero-order valence-electron chi connectivity index (χ0n) is 13.6. The Kier molecular flexibility index (Phi) is 6.75. The van der Waals surface area contributed by atoms with Crippen LogP contribution in [-0.2, 0) is 6.42 Å². The SMILES string of the molecule is CCCCCCC(Cc1cccc2ccccc12)NCC. The number of hydrogen-bond acceptors (Lipinski definition) is 1. The van der Waals surface area contributed by atoms with E-state index in [9.17, 15) is 0 Å². The summed E-state index contributed by atoms with van der Waals surface area (Å²) in [5.41, 5.74) is 1.48. The van der Waals surface area contributed by atoms with Crippen LogP contribution in [0.5, 0.6) is 0 Å². The van der Waals surface area contributed by atoms with Gasteiger partial charge in [0.1, 0.15) is 0 Å². The minimum Gasteiger partial charge on any atom is -0.314 e. The van der Waals surface area contributed by atoms with Crippen molar-refractivity contribution in [2.45, 2.75) is 58.4 Å². The number of unbranched alkanes of at least 4 members (excludes halogenated alkanes) is 3. The van der Waals surface area contributed by atoms with Gasteiger partial charge < -0.3 is 5.32 Å². The molecule has 0 bridgehead atoms. The lowest BCUT2D eigenvalue weighted by Crippen LogP contribution is -2.31. The molecule has 0 aromatic heterocycles. The molecule has 1 atom stereocenters. The molecule has 0 saturated carbocycles. The summed E-state index contributed by atoms with van der Waals surface area (Å²) in [6.07, 6.45) is 7.82. The maximum absolute atomic E-state index is 3.67. The fourth-order valence-corrected chi connectivity index (χ4v) is 3.12. The average Bonchev–Trinajstić information content (AvgIpc) is 2.52. The van der Waals surface area contributed by atoms with Gasteiger partial charge in [0.25, 0.3) is 0 Å². The number of fused-ring (bicyclic) bond motifs is 1. The summed E-state index contributed by atoms with van der Waals surface area (Å²) >= 11 is 0. The van der Waals surface area contributed by atoms with Crippen LogP contribution in [0.4, 0.5) is 0 Å². The molecule has 0 fully saturated rings. The van der Waals surface area contributed by atoms with Gasteiger partial charge >= 0.3 is 0 Å². The number of rotatable bonds is 9. The highest BCUT2D eigenvalue weighted by atomic mass is 14.9. The Hall–Kier alpha value is -1.34. The second-order valence-electron chi connectivity index (χ2n) is 5.95. The van der Waals surface area contributed by atoms with E-state index < -0.39 is 0 Å². The number of likely N-dealkylation sites (N-methyl/N-ethyl adjacent to an activating group) is 1. The Balaban J connectivity index is 2.04. The Labute approximate surface area is 129 Å². The van der Waals surface area contributed by atoms with E-state index in [-0.39, 0.29) is 0 Å². The van der Waals surface area contributed by atoms with Crippen LogP contribution in [0.3, 0.4) is 0 Å². The normalized spacial score (nSPS) is 12.7. The van der Waals surface area contributed by atoms with Crippen molar-refractivity contribution in [3.05, 3.63) is 48.0 Å². The molecule has 2 aromatic carbocycles. The monoisotopic (exact) mass is 283 g/mol. The van der Waals surface area contributed by atoms with E-state index in [1.54, 1.807) is 0 Å². The zero-order valence-corrected chi connectivity index (χ0v) is 13.6. The fourth-order valence-electron chi connectivity index (χ4n) is 3.12. The molecule has 1 N–H and O–H groups in total. The van der Waals surface area contributed by atoms with E-state index in [4.69, 9.17) is 0 Å². The lowest BCUT2D eigenvalue weighted by Gasteiger charge is -2.19. The molecule has 0 aliphatic heterocycles. The van der Waals surface area contributed by atoms with Crippen LogP contribution in [0.15, 0.2) is 42.5 Å². The molecule has 0 spiro atoms. The van der Waals surface area contributed by atoms with Crippen molar-refractivity contribution in [1.29, 1.82) is 0 Å².